The number of nitrogens with zero attached hydrogens (tertiary/aromatic N) is 5. The molecule has 12 heteroatoms. The highest BCUT2D eigenvalue weighted by Crippen LogP contribution is 2.46. The van der Waals surface area contributed by atoms with E-state index in [9.17, 15) is 22.8 Å². The maximum absolute atomic E-state index is 13.3. The van der Waals surface area contributed by atoms with Gasteiger partial charge in [-0.05, 0) is 37.6 Å². The van der Waals surface area contributed by atoms with Crippen LogP contribution in [0.15, 0.2) is 0 Å². The number of urea groups is 1. The van der Waals surface area contributed by atoms with Crippen molar-refractivity contribution in [1.29, 1.82) is 0 Å². The largest absolute Gasteiger partial charge is 0.338 e. The first-order valence-electron chi connectivity index (χ1n) is 12.2. The second kappa shape index (κ2) is 9.03. The number of amides is 4. The zero-order chi connectivity index (χ0) is 24.9. The van der Waals surface area contributed by atoms with Gasteiger partial charge in [-0.25, -0.2) is 4.79 Å². The Morgan fingerprint density at radius 3 is 2.09 bits per heavy atom. The van der Waals surface area contributed by atoms with Crippen LogP contribution in [0, 0.1) is 11.3 Å². The summed E-state index contributed by atoms with van der Waals surface area (Å²) in [5, 5.41) is 2.90. The second-order valence-corrected chi connectivity index (χ2v) is 13.2. The zero-order valence-corrected chi connectivity index (χ0v) is 21.6. The number of imide groups is 1. The van der Waals surface area contributed by atoms with Crippen LogP contribution in [0.25, 0.3) is 0 Å². The molecule has 11 nitrogen and oxygen atoms in total. The Labute approximate surface area is 202 Å². The van der Waals surface area contributed by atoms with Crippen molar-refractivity contribution >= 4 is 28.1 Å². The van der Waals surface area contributed by atoms with E-state index in [4.69, 9.17) is 0 Å². The summed E-state index contributed by atoms with van der Waals surface area (Å²) < 4.78 is 28.9. The molecule has 0 radical (unpaired) electrons. The van der Waals surface area contributed by atoms with E-state index >= 15 is 0 Å². The van der Waals surface area contributed by atoms with Crippen LogP contribution in [0.4, 0.5) is 4.79 Å². The highest BCUT2D eigenvalue weighted by molar-refractivity contribution is 7.86. The lowest BCUT2D eigenvalue weighted by Gasteiger charge is -2.43. The maximum Gasteiger partial charge on any atom is 0.325 e. The Hall–Kier alpha value is -1.76. The molecule has 4 rings (SSSR count). The molecule has 1 saturated carbocycles. The topological polar surface area (TPSA) is 114 Å². The van der Waals surface area contributed by atoms with E-state index in [1.165, 1.54) is 8.61 Å². The number of carbonyl (C=O) groups is 3. The Balaban J connectivity index is 1.34. The summed E-state index contributed by atoms with van der Waals surface area (Å²) >= 11 is 0. The molecule has 4 amide bonds. The number of rotatable bonds is 4. The molecular formula is C22H38N6O5S. The molecule has 2 unspecified atom stereocenters. The van der Waals surface area contributed by atoms with Crippen molar-refractivity contribution in [3.8, 4) is 0 Å². The lowest BCUT2D eigenvalue weighted by Crippen LogP contribution is -2.58. The SMILES string of the molecule is CC1CC(C)(C)CC2(C1)NC(=O)N(CC(=O)N1CCN(S(=O)(=O)N3CCN(C)CC3)CC1)C2=O. The number of hydrogen-bond acceptors (Lipinski definition) is 6. The molecule has 4 aliphatic rings. The lowest BCUT2D eigenvalue weighted by molar-refractivity contribution is -0.141. The van der Waals surface area contributed by atoms with Gasteiger partial charge in [-0.1, -0.05) is 20.8 Å². The summed E-state index contributed by atoms with van der Waals surface area (Å²) in [6.07, 6.45) is 2.12. The predicted molar refractivity (Wildman–Crippen MR) is 126 cm³/mol. The molecule has 4 fully saturated rings. The van der Waals surface area contributed by atoms with Crippen LogP contribution in [0.1, 0.15) is 40.0 Å². The van der Waals surface area contributed by atoms with E-state index < -0.39 is 21.8 Å². The van der Waals surface area contributed by atoms with Gasteiger partial charge in [0.1, 0.15) is 12.1 Å². The van der Waals surface area contributed by atoms with Gasteiger partial charge in [-0.2, -0.15) is 17.0 Å². The number of likely N-dealkylation sites (N-methyl/N-ethyl adjacent to an activating group) is 1. The Bertz CT molecular complexity index is 939. The Kier molecular flexibility index (Phi) is 6.73. The normalized spacial score (nSPS) is 31.8. The van der Waals surface area contributed by atoms with Gasteiger partial charge >= 0.3 is 6.03 Å². The fourth-order valence-electron chi connectivity index (χ4n) is 6.24. The van der Waals surface area contributed by atoms with Crippen LogP contribution in [-0.2, 0) is 19.8 Å². The van der Waals surface area contributed by atoms with E-state index in [-0.39, 0.29) is 50.0 Å². The molecule has 192 valence electrons. The molecule has 34 heavy (non-hydrogen) atoms. The number of carbonyl (C=O) groups excluding carboxylic acids is 3. The van der Waals surface area contributed by atoms with Gasteiger partial charge in [0, 0.05) is 52.4 Å². The molecule has 0 aromatic heterocycles. The van der Waals surface area contributed by atoms with Crippen LogP contribution >= 0.6 is 0 Å². The van der Waals surface area contributed by atoms with Crippen LogP contribution in [0.3, 0.4) is 0 Å². The summed E-state index contributed by atoms with van der Waals surface area (Å²) in [6, 6.07) is -0.514. The molecule has 1 N–H and O–H groups in total. The summed E-state index contributed by atoms with van der Waals surface area (Å²) in [5.74, 6) is -0.360. The molecular weight excluding hydrogens is 460 g/mol. The number of hydrogen-bond donors (Lipinski definition) is 1. The van der Waals surface area contributed by atoms with Crippen molar-refractivity contribution in [1.82, 2.24) is 28.6 Å². The minimum Gasteiger partial charge on any atom is -0.338 e. The third-order valence-electron chi connectivity index (χ3n) is 7.62. The monoisotopic (exact) mass is 498 g/mol. The molecule has 0 aromatic carbocycles. The Morgan fingerprint density at radius 2 is 1.53 bits per heavy atom. The smallest absolute Gasteiger partial charge is 0.325 e. The van der Waals surface area contributed by atoms with E-state index in [0.29, 0.717) is 44.9 Å². The van der Waals surface area contributed by atoms with E-state index in [2.05, 4.69) is 31.0 Å². The first-order valence-corrected chi connectivity index (χ1v) is 13.6. The fourth-order valence-corrected chi connectivity index (χ4v) is 7.81. The summed E-state index contributed by atoms with van der Waals surface area (Å²) in [7, 11) is -1.59. The molecule has 1 spiro atoms. The number of piperazine rings is 2. The van der Waals surface area contributed by atoms with Crippen LogP contribution in [0.5, 0.6) is 0 Å². The first-order chi connectivity index (χ1) is 15.8. The van der Waals surface area contributed by atoms with Gasteiger partial charge in [0.15, 0.2) is 0 Å². The highest BCUT2D eigenvalue weighted by Gasteiger charge is 2.56. The van der Waals surface area contributed by atoms with Crippen molar-refractivity contribution in [3.63, 3.8) is 0 Å². The minimum absolute atomic E-state index is 0.0772. The molecule has 3 heterocycles. The molecule has 3 aliphatic heterocycles. The molecule has 1 aliphatic carbocycles. The third-order valence-corrected chi connectivity index (χ3v) is 9.66. The van der Waals surface area contributed by atoms with E-state index in [1.807, 2.05) is 7.05 Å². The van der Waals surface area contributed by atoms with Crippen LogP contribution < -0.4 is 5.32 Å². The summed E-state index contributed by atoms with van der Waals surface area (Å²) in [4.78, 5) is 43.7. The standard InChI is InChI=1S/C22H38N6O5S/c1-17-13-21(2,3)16-22(14-17)19(30)28(20(31)23-22)15-18(29)25-7-11-27(12-8-25)34(32,33)26-9-5-24(4)6-10-26/h17H,5-16H2,1-4H3,(H,23,31). The molecule has 0 bridgehead atoms. The fraction of sp³-hybridized carbons (Fsp3) is 0.864. The summed E-state index contributed by atoms with van der Waals surface area (Å²) in [6.45, 7) is 9.19. The average molecular weight is 499 g/mol. The van der Waals surface area contributed by atoms with Crippen LogP contribution in [-0.4, -0.2) is 121 Å². The van der Waals surface area contributed by atoms with Crippen molar-refractivity contribution in [2.45, 2.75) is 45.6 Å². The second-order valence-electron chi connectivity index (χ2n) is 11.2. The third kappa shape index (κ3) is 4.82. The van der Waals surface area contributed by atoms with Gasteiger partial charge < -0.3 is 15.1 Å². The van der Waals surface area contributed by atoms with Gasteiger partial charge in [0.25, 0.3) is 16.1 Å². The van der Waals surface area contributed by atoms with E-state index in [0.717, 1.165) is 11.3 Å². The summed E-state index contributed by atoms with van der Waals surface area (Å²) in [5.41, 5.74) is -1.01. The Morgan fingerprint density at radius 1 is 0.971 bits per heavy atom. The maximum atomic E-state index is 13.3. The van der Waals surface area contributed by atoms with E-state index in [1.54, 1.807) is 4.90 Å². The first kappa shape index (κ1) is 25.3. The van der Waals surface area contributed by atoms with Crippen molar-refractivity contribution in [2.75, 3.05) is 66.0 Å². The average Bonchev–Trinajstić information content (AvgIpc) is 2.95. The van der Waals surface area contributed by atoms with Gasteiger partial charge in [-0.15, -0.1) is 0 Å². The number of nitrogens with one attached hydrogen (secondary N) is 1. The van der Waals surface area contributed by atoms with Gasteiger partial charge in [-0.3, -0.25) is 14.5 Å². The minimum atomic E-state index is -3.56. The van der Waals surface area contributed by atoms with Crippen molar-refractivity contribution < 1.29 is 22.8 Å². The molecule has 3 saturated heterocycles. The molecule has 0 aromatic rings. The van der Waals surface area contributed by atoms with Crippen molar-refractivity contribution in [2.24, 2.45) is 11.3 Å². The highest BCUT2D eigenvalue weighted by atomic mass is 32.2. The van der Waals surface area contributed by atoms with Gasteiger partial charge in [0.2, 0.25) is 5.91 Å². The predicted octanol–water partition coefficient (Wildman–Crippen LogP) is -0.240. The van der Waals surface area contributed by atoms with Crippen LogP contribution in [0.2, 0.25) is 0 Å². The zero-order valence-electron chi connectivity index (χ0n) is 20.7. The molecule has 2 atom stereocenters. The quantitative estimate of drug-likeness (QED) is 0.535. The van der Waals surface area contributed by atoms with Crippen molar-refractivity contribution in [3.05, 3.63) is 0 Å². The van der Waals surface area contributed by atoms with Gasteiger partial charge in [0.05, 0.1) is 0 Å². The lowest BCUT2D eigenvalue weighted by atomic mass is 9.64.